The smallest absolute Gasteiger partial charge is 0.118 e. The second kappa shape index (κ2) is 2.73. The summed E-state index contributed by atoms with van der Waals surface area (Å²) in [6, 6.07) is 5.43. The highest BCUT2D eigenvalue weighted by Gasteiger charge is 2.02. The van der Waals surface area contributed by atoms with E-state index in [1.807, 2.05) is 19.9 Å². The number of aryl methyl sites for hydroxylation is 2. The lowest BCUT2D eigenvalue weighted by atomic mass is 10.0. The van der Waals surface area contributed by atoms with Gasteiger partial charge in [0.2, 0.25) is 0 Å². The Balaban J connectivity index is 2.94. The quantitative estimate of drug-likeness (QED) is 0.664. The van der Waals surface area contributed by atoms with E-state index in [9.17, 15) is 5.11 Å². The van der Waals surface area contributed by atoms with E-state index in [0.29, 0.717) is 0 Å². The lowest BCUT2D eigenvalue weighted by molar-refractivity contribution is 0.475. The molecule has 1 aromatic carbocycles. The number of benzene rings is 1. The third-order valence-corrected chi connectivity index (χ3v) is 2.23. The van der Waals surface area contributed by atoms with E-state index >= 15 is 0 Å². The summed E-state index contributed by atoms with van der Waals surface area (Å²) in [4.78, 5) is 4.20. The number of hydrogen-bond donors (Lipinski definition) is 1. The van der Waals surface area contributed by atoms with Crippen molar-refractivity contribution in [2.75, 3.05) is 0 Å². The molecule has 0 saturated carbocycles. The molecule has 2 aromatic rings. The standard InChI is InChI=1S/C11H11NO/c1-7-3-4-12-10-6-9(13)5-8(2)11(7)10/h3-6,13H,1-2H3. The zero-order valence-corrected chi connectivity index (χ0v) is 7.70. The SMILES string of the molecule is Cc1ccnc2cc(O)cc(C)c12. The Hall–Kier alpha value is -1.57. The van der Waals surface area contributed by atoms with Crippen LogP contribution in [0.4, 0.5) is 0 Å². The number of rotatable bonds is 0. The minimum atomic E-state index is 0.281. The number of fused-ring (bicyclic) bond motifs is 1. The Kier molecular flexibility index (Phi) is 1.69. The normalized spacial score (nSPS) is 10.6. The van der Waals surface area contributed by atoms with Crippen LogP contribution in [0.15, 0.2) is 24.4 Å². The molecule has 1 N–H and O–H groups in total. The van der Waals surface area contributed by atoms with E-state index < -0.39 is 0 Å². The Bertz CT molecular complexity index is 463. The topological polar surface area (TPSA) is 33.1 Å². The van der Waals surface area contributed by atoms with Crippen molar-refractivity contribution in [3.05, 3.63) is 35.5 Å². The van der Waals surface area contributed by atoms with Gasteiger partial charge in [-0.1, -0.05) is 0 Å². The van der Waals surface area contributed by atoms with Crippen molar-refractivity contribution in [1.82, 2.24) is 4.98 Å². The maximum Gasteiger partial charge on any atom is 0.118 e. The fraction of sp³-hybridized carbons (Fsp3) is 0.182. The largest absolute Gasteiger partial charge is 0.508 e. The van der Waals surface area contributed by atoms with Crippen LogP contribution in [0.2, 0.25) is 0 Å². The molecule has 0 aliphatic heterocycles. The molecule has 0 bridgehead atoms. The van der Waals surface area contributed by atoms with Crippen LogP contribution in [0.5, 0.6) is 5.75 Å². The molecule has 0 spiro atoms. The fourth-order valence-corrected chi connectivity index (χ4v) is 1.68. The molecule has 2 heteroatoms. The molecule has 0 fully saturated rings. The minimum absolute atomic E-state index is 0.281. The first kappa shape index (κ1) is 8.05. The van der Waals surface area contributed by atoms with Crippen LogP contribution in [0.1, 0.15) is 11.1 Å². The summed E-state index contributed by atoms with van der Waals surface area (Å²) >= 11 is 0. The van der Waals surface area contributed by atoms with Crippen molar-refractivity contribution in [3.63, 3.8) is 0 Å². The number of phenolic OH excluding ortho intramolecular Hbond substituents is 1. The Morgan fingerprint density at radius 3 is 2.69 bits per heavy atom. The molecule has 0 aliphatic rings. The molecular formula is C11H11NO. The van der Waals surface area contributed by atoms with Gasteiger partial charge in [0.15, 0.2) is 0 Å². The molecule has 13 heavy (non-hydrogen) atoms. The van der Waals surface area contributed by atoms with Crippen LogP contribution in [0.3, 0.4) is 0 Å². The van der Waals surface area contributed by atoms with Crippen molar-refractivity contribution in [2.45, 2.75) is 13.8 Å². The van der Waals surface area contributed by atoms with Crippen LogP contribution in [0, 0.1) is 13.8 Å². The fourth-order valence-electron chi connectivity index (χ4n) is 1.68. The van der Waals surface area contributed by atoms with Crippen molar-refractivity contribution in [1.29, 1.82) is 0 Å². The zero-order valence-electron chi connectivity index (χ0n) is 7.70. The highest BCUT2D eigenvalue weighted by molar-refractivity contribution is 5.86. The number of aromatic nitrogens is 1. The first-order valence-electron chi connectivity index (χ1n) is 4.23. The van der Waals surface area contributed by atoms with E-state index in [0.717, 1.165) is 16.5 Å². The molecule has 0 atom stereocenters. The minimum Gasteiger partial charge on any atom is -0.508 e. The van der Waals surface area contributed by atoms with Gasteiger partial charge in [0, 0.05) is 17.6 Å². The van der Waals surface area contributed by atoms with Gasteiger partial charge in [-0.15, -0.1) is 0 Å². The highest BCUT2D eigenvalue weighted by Crippen LogP contribution is 2.24. The van der Waals surface area contributed by atoms with Crippen LogP contribution >= 0.6 is 0 Å². The van der Waals surface area contributed by atoms with Gasteiger partial charge in [-0.2, -0.15) is 0 Å². The van der Waals surface area contributed by atoms with Crippen molar-refractivity contribution in [2.24, 2.45) is 0 Å². The summed E-state index contributed by atoms with van der Waals surface area (Å²) in [5.74, 6) is 0.281. The maximum atomic E-state index is 9.36. The number of pyridine rings is 1. The Morgan fingerprint density at radius 1 is 1.15 bits per heavy atom. The van der Waals surface area contributed by atoms with E-state index in [2.05, 4.69) is 4.98 Å². The average molecular weight is 173 g/mol. The number of phenols is 1. The van der Waals surface area contributed by atoms with Crippen LogP contribution in [-0.2, 0) is 0 Å². The number of aromatic hydroxyl groups is 1. The zero-order chi connectivity index (χ0) is 9.42. The van der Waals surface area contributed by atoms with E-state index in [4.69, 9.17) is 0 Å². The van der Waals surface area contributed by atoms with Gasteiger partial charge in [-0.25, -0.2) is 0 Å². The predicted octanol–water partition coefficient (Wildman–Crippen LogP) is 2.56. The Labute approximate surface area is 76.9 Å². The van der Waals surface area contributed by atoms with Gasteiger partial charge in [0.1, 0.15) is 5.75 Å². The highest BCUT2D eigenvalue weighted by atomic mass is 16.3. The summed E-state index contributed by atoms with van der Waals surface area (Å²) in [6.07, 6.45) is 1.76. The van der Waals surface area contributed by atoms with Crippen molar-refractivity contribution < 1.29 is 5.11 Å². The number of hydrogen-bond acceptors (Lipinski definition) is 2. The molecule has 2 rings (SSSR count). The first-order valence-corrected chi connectivity index (χ1v) is 4.23. The Morgan fingerprint density at radius 2 is 1.92 bits per heavy atom. The van der Waals surface area contributed by atoms with Gasteiger partial charge < -0.3 is 5.11 Å². The van der Waals surface area contributed by atoms with Crippen molar-refractivity contribution in [3.8, 4) is 5.75 Å². The van der Waals surface area contributed by atoms with E-state index in [1.165, 1.54) is 5.56 Å². The summed E-state index contributed by atoms with van der Waals surface area (Å²) in [5, 5.41) is 10.5. The molecule has 66 valence electrons. The lowest BCUT2D eigenvalue weighted by Gasteiger charge is -2.05. The number of nitrogens with zero attached hydrogens (tertiary/aromatic N) is 1. The van der Waals surface area contributed by atoms with Crippen molar-refractivity contribution >= 4 is 10.9 Å². The second-order valence-electron chi connectivity index (χ2n) is 3.28. The molecule has 2 nitrogen and oxygen atoms in total. The summed E-state index contributed by atoms with van der Waals surface area (Å²) in [6.45, 7) is 4.03. The molecule has 0 radical (unpaired) electrons. The summed E-state index contributed by atoms with van der Waals surface area (Å²) in [5.41, 5.74) is 3.13. The van der Waals surface area contributed by atoms with Gasteiger partial charge in [0.25, 0.3) is 0 Å². The van der Waals surface area contributed by atoms with E-state index in [1.54, 1.807) is 18.3 Å². The first-order chi connectivity index (χ1) is 6.18. The second-order valence-corrected chi connectivity index (χ2v) is 3.28. The summed E-state index contributed by atoms with van der Waals surface area (Å²) < 4.78 is 0. The molecule has 0 aliphatic carbocycles. The van der Waals surface area contributed by atoms with Crippen LogP contribution in [-0.4, -0.2) is 10.1 Å². The molecule has 1 heterocycles. The van der Waals surface area contributed by atoms with Crippen LogP contribution < -0.4 is 0 Å². The molecule has 1 aromatic heterocycles. The van der Waals surface area contributed by atoms with E-state index in [-0.39, 0.29) is 5.75 Å². The maximum absolute atomic E-state index is 9.36. The lowest BCUT2D eigenvalue weighted by Crippen LogP contribution is -1.85. The molecule has 0 unspecified atom stereocenters. The molecule has 0 amide bonds. The third-order valence-electron chi connectivity index (χ3n) is 2.23. The van der Waals surface area contributed by atoms with Gasteiger partial charge in [-0.3, -0.25) is 4.98 Å². The monoisotopic (exact) mass is 173 g/mol. The van der Waals surface area contributed by atoms with Gasteiger partial charge in [0.05, 0.1) is 5.52 Å². The molecular weight excluding hydrogens is 162 g/mol. The molecule has 0 saturated heterocycles. The van der Waals surface area contributed by atoms with Gasteiger partial charge in [-0.05, 0) is 37.1 Å². The third kappa shape index (κ3) is 1.24. The average Bonchev–Trinajstić information content (AvgIpc) is 2.02. The van der Waals surface area contributed by atoms with Gasteiger partial charge >= 0.3 is 0 Å². The van der Waals surface area contributed by atoms with Crippen LogP contribution in [0.25, 0.3) is 10.9 Å². The predicted molar refractivity (Wildman–Crippen MR) is 52.9 cm³/mol. The summed E-state index contributed by atoms with van der Waals surface area (Å²) in [7, 11) is 0.